The van der Waals surface area contributed by atoms with E-state index in [0.717, 1.165) is 30.5 Å². The van der Waals surface area contributed by atoms with E-state index < -0.39 is 0 Å². The molecule has 0 radical (unpaired) electrons. The molecular weight excluding hydrogens is 290 g/mol. The minimum atomic E-state index is -0.0222. The van der Waals surface area contributed by atoms with Crippen molar-refractivity contribution in [1.82, 2.24) is 14.9 Å². The molecule has 0 aliphatic carbocycles. The van der Waals surface area contributed by atoms with Crippen LogP contribution in [-0.2, 0) is 0 Å². The monoisotopic (exact) mass is 311 g/mol. The molecule has 0 N–H and O–H groups in total. The summed E-state index contributed by atoms with van der Waals surface area (Å²) in [7, 11) is 0. The zero-order valence-electron chi connectivity index (χ0n) is 13.5. The topological polar surface area (TPSA) is 55.3 Å². The second-order valence-electron chi connectivity index (χ2n) is 5.89. The summed E-state index contributed by atoms with van der Waals surface area (Å²) in [6.07, 6.45) is 3.54. The molecule has 0 bridgehead atoms. The summed E-state index contributed by atoms with van der Waals surface area (Å²) < 4.78 is 5.94. The van der Waals surface area contributed by atoms with Gasteiger partial charge in [0.2, 0.25) is 5.88 Å². The van der Waals surface area contributed by atoms with Crippen molar-refractivity contribution in [3.05, 3.63) is 53.5 Å². The van der Waals surface area contributed by atoms with Crippen LogP contribution in [0.2, 0.25) is 0 Å². The van der Waals surface area contributed by atoms with E-state index in [1.165, 1.54) is 0 Å². The Morgan fingerprint density at radius 2 is 2.09 bits per heavy atom. The highest BCUT2D eigenvalue weighted by Gasteiger charge is 2.26. The molecule has 1 aromatic heterocycles. The Hall–Kier alpha value is -2.43. The summed E-state index contributed by atoms with van der Waals surface area (Å²) in [6.45, 7) is 5.17. The van der Waals surface area contributed by atoms with Crippen LogP contribution in [0.4, 0.5) is 0 Å². The number of carbonyl (C=O) groups excluding carboxylic acids is 1. The minimum absolute atomic E-state index is 0.0222. The van der Waals surface area contributed by atoms with Crippen molar-refractivity contribution < 1.29 is 9.53 Å². The van der Waals surface area contributed by atoms with Crippen molar-refractivity contribution >= 4 is 5.91 Å². The van der Waals surface area contributed by atoms with Gasteiger partial charge in [-0.1, -0.05) is 18.2 Å². The number of aryl methyl sites for hydroxylation is 2. The van der Waals surface area contributed by atoms with Gasteiger partial charge in [-0.25, -0.2) is 4.98 Å². The Balaban J connectivity index is 1.68. The second-order valence-corrected chi connectivity index (χ2v) is 5.89. The average molecular weight is 311 g/mol. The molecule has 3 rings (SSSR count). The number of likely N-dealkylation sites (tertiary alicyclic amines) is 1. The molecule has 120 valence electrons. The van der Waals surface area contributed by atoms with E-state index in [1.807, 2.05) is 43.0 Å². The molecule has 0 saturated carbocycles. The Morgan fingerprint density at radius 3 is 2.87 bits per heavy atom. The van der Waals surface area contributed by atoms with Gasteiger partial charge in [-0.05, 0) is 38.3 Å². The first-order chi connectivity index (χ1) is 11.1. The van der Waals surface area contributed by atoms with E-state index in [-0.39, 0.29) is 12.0 Å². The van der Waals surface area contributed by atoms with E-state index in [1.54, 1.807) is 12.3 Å². The fourth-order valence-electron chi connectivity index (χ4n) is 2.87. The van der Waals surface area contributed by atoms with E-state index in [0.29, 0.717) is 18.2 Å². The molecule has 5 nitrogen and oxygen atoms in total. The maximum absolute atomic E-state index is 12.7. The van der Waals surface area contributed by atoms with Crippen LogP contribution in [0.5, 0.6) is 5.88 Å². The molecule has 5 heteroatoms. The molecule has 1 saturated heterocycles. The zero-order valence-corrected chi connectivity index (χ0v) is 13.5. The Labute approximate surface area is 136 Å². The van der Waals surface area contributed by atoms with Gasteiger partial charge in [0.05, 0.1) is 6.54 Å². The number of aromatic nitrogens is 2. The summed E-state index contributed by atoms with van der Waals surface area (Å²) >= 11 is 0. The summed E-state index contributed by atoms with van der Waals surface area (Å²) in [4.78, 5) is 22.9. The van der Waals surface area contributed by atoms with Crippen molar-refractivity contribution in [3.63, 3.8) is 0 Å². The molecule has 2 heterocycles. The van der Waals surface area contributed by atoms with Gasteiger partial charge in [0.25, 0.3) is 5.91 Å². The average Bonchev–Trinajstić information content (AvgIpc) is 2.55. The van der Waals surface area contributed by atoms with Gasteiger partial charge in [-0.2, -0.15) is 4.98 Å². The first-order valence-electron chi connectivity index (χ1n) is 7.94. The van der Waals surface area contributed by atoms with Crippen molar-refractivity contribution in [1.29, 1.82) is 0 Å². The molecule has 1 amide bonds. The van der Waals surface area contributed by atoms with E-state index >= 15 is 0 Å². The van der Waals surface area contributed by atoms with Crippen LogP contribution in [-0.4, -0.2) is 40.0 Å². The Kier molecular flexibility index (Phi) is 4.55. The quantitative estimate of drug-likeness (QED) is 0.874. The van der Waals surface area contributed by atoms with Crippen molar-refractivity contribution in [2.24, 2.45) is 0 Å². The highest BCUT2D eigenvalue weighted by molar-refractivity contribution is 5.95. The van der Waals surface area contributed by atoms with Crippen molar-refractivity contribution in [3.8, 4) is 5.88 Å². The SMILES string of the molecule is Cc1nccc(OC2CCCN(C(=O)c3ccccc3C)C2)n1. The largest absolute Gasteiger partial charge is 0.472 e. The third-order valence-corrected chi connectivity index (χ3v) is 4.08. The van der Waals surface area contributed by atoms with Crippen LogP contribution in [0, 0.1) is 13.8 Å². The van der Waals surface area contributed by atoms with Gasteiger partial charge < -0.3 is 9.64 Å². The van der Waals surface area contributed by atoms with Crippen LogP contribution >= 0.6 is 0 Å². The summed E-state index contributed by atoms with van der Waals surface area (Å²) in [5, 5.41) is 0. The fourth-order valence-corrected chi connectivity index (χ4v) is 2.87. The Bertz CT molecular complexity index is 702. The summed E-state index contributed by atoms with van der Waals surface area (Å²) in [5.74, 6) is 1.34. The molecule has 2 aromatic rings. The maximum atomic E-state index is 12.7. The highest BCUT2D eigenvalue weighted by atomic mass is 16.5. The number of amides is 1. The van der Waals surface area contributed by atoms with Crippen LogP contribution in [0.1, 0.15) is 34.6 Å². The predicted molar refractivity (Wildman–Crippen MR) is 87.5 cm³/mol. The molecule has 1 fully saturated rings. The standard InChI is InChI=1S/C18H21N3O2/c1-13-6-3-4-8-16(13)18(22)21-11-5-7-15(12-21)23-17-9-10-19-14(2)20-17/h3-4,6,8-10,15H,5,7,11-12H2,1-2H3. The summed E-state index contributed by atoms with van der Waals surface area (Å²) in [5.41, 5.74) is 1.78. The third-order valence-electron chi connectivity index (χ3n) is 4.08. The van der Waals surface area contributed by atoms with Crippen molar-refractivity contribution in [2.75, 3.05) is 13.1 Å². The number of rotatable bonds is 3. The Morgan fingerprint density at radius 1 is 1.26 bits per heavy atom. The summed E-state index contributed by atoms with van der Waals surface area (Å²) in [6, 6.07) is 9.47. The second kappa shape index (κ2) is 6.77. The maximum Gasteiger partial charge on any atom is 0.254 e. The number of ether oxygens (including phenoxy) is 1. The van der Waals surface area contributed by atoms with Crippen LogP contribution in [0.15, 0.2) is 36.5 Å². The number of nitrogens with zero attached hydrogens (tertiary/aromatic N) is 3. The number of hydrogen-bond donors (Lipinski definition) is 0. The lowest BCUT2D eigenvalue weighted by molar-refractivity contribution is 0.0526. The van der Waals surface area contributed by atoms with E-state index in [4.69, 9.17) is 4.74 Å². The van der Waals surface area contributed by atoms with Gasteiger partial charge in [-0.3, -0.25) is 4.79 Å². The van der Waals surface area contributed by atoms with E-state index in [9.17, 15) is 4.79 Å². The van der Waals surface area contributed by atoms with Gasteiger partial charge in [0.1, 0.15) is 11.9 Å². The number of piperidine rings is 1. The molecule has 1 aliphatic rings. The first-order valence-corrected chi connectivity index (χ1v) is 7.94. The van der Waals surface area contributed by atoms with Gasteiger partial charge >= 0.3 is 0 Å². The fraction of sp³-hybridized carbons (Fsp3) is 0.389. The van der Waals surface area contributed by atoms with Gasteiger partial charge in [0.15, 0.2) is 0 Å². The van der Waals surface area contributed by atoms with Crippen LogP contribution in [0.25, 0.3) is 0 Å². The van der Waals surface area contributed by atoms with Crippen LogP contribution < -0.4 is 4.74 Å². The van der Waals surface area contributed by atoms with Crippen LogP contribution in [0.3, 0.4) is 0 Å². The minimum Gasteiger partial charge on any atom is -0.472 e. The number of hydrogen-bond acceptors (Lipinski definition) is 4. The molecule has 1 aromatic carbocycles. The molecular formula is C18H21N3O2. The van der Waals surface area contributed by atoms with E-state index in [2.05, 4.69) is 9.97 Å². The number of carbonyl (C=O) groups is 1. The molecule has 0 spiro atoms. The molecule has 1 aliphatic heterocycles. The normalized spacial score (nSPS) is 17.8. The smallest absolute Gasteiger partial charge is 0.254 e. The van der Waals surface area contributed by atoms with Crippen molar-refractivity contribution in [2.45, 2.75) is 32.8 Å². The zero-order chi connectivity index (χ0) is 16.2. The molecule has 23 heavy (non-hydrogen) atoms. The predicted octanol–water partition coefficient (Wildman–Crippen LogP) is 2.78. The highest BCUT2D eigenvalue weighted by Crippen LogP contribution is 2.19. The van der Waals surface area contributed by atoms with Gasteiger partial charge in [0, 0.05) is 24.4 Å². The number of benzene rings is 1. The lowest BCUT2D eigenvalue weighted by Gasteiger charge is -2.33. The lowest BCUT2D eigenvalue weighted by Crippen LogP contribution is -2.44. The first kappa shape index (κ1) is 15.5. The molecule has 1 unspecified atom stereocenters. The third kappa shape index (κ3) is 3.67. The van der Waals surface area contributed by atoms with Gasteiger partial charge in [-0.15, -0.1) is 0 Å². The molecule has 1 atom stereocenters. The lowest BCUT2D eigenvalue weighted by atomic mass is 10.0.